The monoisotopic (exact) mass is 514 g/mol. The van der Waals surface area contributed by atoms with E-state index in [1.165, 1.54) is 43.4 Å². The van der Waals surface area contributed by atoms with E-state index in [1.54, 1.807) is 48.5 Å². The second-order valence-electron chi connectivity index (χ2n) is 7.79. The van der Waals surface area contributed by atoms with E-state index >= 15 is 0 Å². The van der Waals surface area contributed by atoms with Gasteiger partial charge in [-0.05, 0) is 48.0 Å². The van der Waals surface area contributed by atoms with Crippen LogP contribution in [0.2, 0.25) is 5.02 Å². The molecule has 0 spiro atoms. The Morgan fingerprint density at radius 3 is 2.26 bits per heavy atom. The molecule has 4 rings (SSSR count). The number of methoxy groups -OCH3 is 2. The first-order chi connectivity index (χ1) is 16.8. The van der Waals surface area contributed by atoms with Crippen LogP contribution in [0.3, 0.4) is 0 Å². The number of hydrogen-bond acceptors (Lipinski definition) is 6. The molecule has 3 aromatic rings. The first kappa shape index (κ1) is 24.7. The van der Waals surface area contributed by atoms with Gasteiger partial charge in [-0.25, -0.2) is 8.42 Å². The fourth-order valence-corrected chi connectivity index (χ4v) is 5.75. The highest BCUT2D eigenvalue weighted by Gasteiger charge is 2.42. The maximum absolute atomic E-state index is 13.7. The third-order valence-corrected chi connectivity index (χ3v) is 8.00. The SMILES string of the molecule is COC(=O)C1CN(C(=O)c2ccccc2Cl)c2ccccc2CN1S(=O)(=O)c1ccc(OC)cc1. The molecule has 1 aliphatic heterocycles. The maximum Gasteiger partial charge on any atom is 0.326 e. The van der Waals surface area contributed by atoms with Crippen LogP contribution in [0.4, 0.5) is 5.69 Å². The highest BCUT2D eigenvalue weighted by molar-refractivity contribution is 7.89. The van der Waals surface area contributed by atoms with Gasteiger partial charge in [-0.2, -0.15) is 4.31 Å². The van der Waals surface area contributed by atoms with Gasteiger partial charge in [0.25, 0.3) is 5.91 Å². The van der Waals surface area contributed by atoms with Gasteiger partial charge in [0.15, 0.2) is 0 Å². The van der Waals surface area contributed by atoms with Crippen molar-refractivity contribution in [3.05, 3.63) is 88.9 Å². The number of ether oxygens (including phenoxy) is 2. The van der Waals surface area contributed by atoms with E-state index in [0.29, 0.717) is 17.0 Å². The molecule has 0 fully saturated rings. The maximum atomic E-state index is 13.7. The molecule has 1 amide bonds. The molecule has 3 aromatic carbocycles. The zero-order valence-electron chi connectivity index (χ0n) is 19.0. The third kappa shape index (κ3) is 4.75. The Labute approximate surface area is 208 Å². The average Bonchev–Trinajstić information content (AvgIpc) is 3.06. The van der Waals surface area contributed by atoms with Gasteiger partial charge >= 0.3 is 5.97 Å². The zero-order valence-corrected chi connectivity index (χ0v) is 20.6. The minimum Gasteiger partial charge on any atom is -0.497 e. The van der Waals surface area contributed by atoms with Crippen LogP contribution < -0.4 is 9.64 Å². The second-order valence-corrected chi connectivity index (χ2v) is 10.1. The topological polar surface area (TPSA) is 93.2 Å². The average molecular weight is 515 g/mol. The molecule has 0 bridgehead atoms. The van der Waals surface area contributed by atoms with Crippen molar-refractivity contribution in [1.29, 1.82) is 0 Å². The molecule has 10 heteroatoms. The van der Waals surface area contributed by atoms with E-state index in [4.69, 9.17) is 21.1 Å². The van der Waals surface area contributed by atoms with Crippen LogP contribution in [0.5, 0.6) is 5.75 Å². The minimum absolute atomic E-state index is 0.0180. The fraction of sp³-hybridized carbons (Fsp3) is 0.200. The Kier molecular flexibility index (Phi) is 7.11. The molecule has 0 saturated heterocycles. The number of halogens is 1. The van der Waals surface area contributed by atoms with Crippen molar-refractivity contribution in [2.24, 2.45) is 0 Å². The van der Waals surface area contributed by atoms with Gasteiger partial charge in [0.05, 0.1) is 36.2 Å². The molecular formula is C25H23ClN2O6S. The molecule has 0 saturated carbocycles. The molecule has 1 aliphatic rings. The summed E-state index contributed by atoms with van der Waals surface area (Å²) in [5, 5.41) is 0.247. The molecule has 0 N–H and O–H groups in total. The van der Waals surface area contributed by atoms with Crippen LogP contribution in [0, 0.1) is 0 Å². The van der Waals surface area contributed by atoms with Crippen molar-refractivity contribution in [2.45, 2.75) is 17.5 Å². The lowest BCUT2D eigenvalue weighted by Crippen LogP contribution is -2.50. The fourth-order valence-electron chi connectivity index (χ4n) is 3.98. The van der Waals surface area contributed by atoms with Gasteiger partial charge < -0.3 is 14.4 Å². The van der Waals surface area contributed by atoms with Gasteiger partial charge in [-0.15, -0.1) is 0 Å². The number of benzene rings is 3. The van der Waals surface area contributed by atoms with Gasteiger partial charge in [-0.1, -0.05) is 41.9 Å². The van der Waals surface area contributed by atoms with Gasteiger partial charge in [0, 0.05) is 12.2 Å². The van der Waals surface area contributed by atoms with Crippen LogP contribution >= 0.6 is 11.6 Å². The summed E-state index contributed by atoms with van der Waals surface area (Å²) < 4.78 is 38.6. The number of carbonyl (C=O) groups excluding carboxylic acids is 2. The summed E-state index contributed by atoms with van der Waals surface area (Å²) in [5.41, 5.74) is 1.27. The van der Waals surface area contributed by atoms with Gasteiger partial charge in [0.2, 0.25) is 10.0 Å². The Hall–Kier alpha value is -3.40. The summed E-state index contributed by atoms with van der Waals surface area (Å²) in [6, 6.07) is 18.0. The lowest BCUT2D eigenvalue weighted by Gasteiger charge is -2.29. The quantitative estimate of drug-likeness (QED) is 0.481. The molecule has 0 aliphatic carbocycles. The molecule has 0 radical (unpaired) electrons. The van der Waals surface area contributed by atoms with Gasteiger partial charge in [0.1, 0.15) is 11.8 Å². The molecule has 1 unspecified atom stereocenters. The number of rotatable bonds is 5. The summed E-state index contributed by atoms with van der Waals surface area (Å²) in [5.74, 6) is -0.751. The molecular weight excluding hydrogens is 492 g/mol. The normalized spacial score (nSPS) is 16.2. The van der Waals surface area contributed by atoms with Crippen molar-refractivity contribution >= 4 is 39.2 Å². The molecule has 35 heavy (non-hydrogen) atoms. The highest BCUT2D eigenvalue weighted by atomic mass is 35.5. The van der Waals surface area contributed by atoms with Crippen LogP contribution in [-0.4, -0.2) is 51.4 Å². The van der Waals surface area contributed by atoms with Crippen LogP contribution in [0.1, 0.15) is 15.9 Å². The van der Waals surface area contributed by atoms with E-state index < -0.39 is 27.9 Å². The largest absolute Gasteiger partial charge is 0.497 e. The third-order valence-electron chi connectivity index (χ3n) is 5.80. The van der Waals surface area contributed by atoms with Crippen molar-refractivity contribution < 1.29 is 27.5 Å². The van der Waals surface area contributed by atoms with Crippen molar-refractivity contribution in [3.8, 4) is 5.75 Å². The molecule has 1 atom stereocenters. The van der Waals surface area contributed by atoms with E-state index in [9.17, 15) is 18.0 Å². The number of esters is 1. The van der Waals surface area contributed by atoms with Crippen LogP contribution in [-0.2, 0) is 26.1 Å². The predicted molar refractivity (Wildman–Crippen MR) is 131 cm³/mol. The number of amides is 1. The lowest BCUT2D eigenvalue weighted by molar-refractivity contribution is -0.144. The van der Waals surface area contributed by atoms with Crippen molar-refractivity contribution in [1.82, 2.24) is 4.31 Å². The van der Waals surface area contributed by atoms with E-state index in [-0.39, 0.29) is 28.6 Å². The zero-order chi connectivity index (χ0) is 25.2. The van der Waals surface area contributed by atoms with Crippen LogP contribution in [0.25, 0.3) is 0 Å². The molecule has 0 aromatic heterocycles. The number of anilines is 1. The number of para-hydroxylation sites is 1. The molecule has 1 heterocycles. The summed E-state index contributed by atoms with van der Waals surface area (Å²) >= 11 is 6.28. The Morgan fingerprint density at radius 2 is 1.60 bits per heavy atom. The molecule has 8 nitrogen and oxygen atoms in total. The number of carbonyl (C=O) groups is 2. The Balaban J connectivity index is 1.84. The number of hydrogen-bond donors (Lipinski definition) is 0. The van der Waals surface area contributed by atoms with Gasteiger partial charge in [-0.3, -0.25) is 9.59 Å². The first-order valence-electron chi connectivity index (χ1n) is 10.7. The Bertz CT molecular complexity index is 1360. The highest BCUT2D eigenvalue weighted by Crippen LogP contribution is 2.33. The van der Waals surface area contributed by atoms with E-state index in [1.807, 2.05) is 0 Å². The minimum atomic E-state index is -4.17. The first-order valence-corrected chi connectivity index (χ1v) is 12.5. The summed E-state index contributed by atoms with van der Waals surface area (Å²) in [7, 11) is -1.51. The summed E-state index contributed by atoms with van der Waals surface area (Å²) in [6.45, 7) is -0.403. The Morgan fingerprint density at radius 1 is 0.943 bits per heavy atom. The van der Waals surface area contributed by atoms with Crippen molar-refractivity contribution in [2.75, 3.05) is 25.7 Å². The number of nitrogens with zero attached hydrogens (tertiary/aromatic N) is 2. The smallest absolute Gasteiger partial charge is 0.326 e. The standard InChI is InChI=1S/C25H23ClN2O6S/c1-33-18-11-13-19(14-12-18)35(31,32)28-15-17-7-3-6-10-22(17)27(16-23(28)25(30)34-2)24(29)20-8-4-5-9-21(20)26/h3-14,23H,15-16H2,1-2H3. The number of sulfonamides is 1. The molecule has 182 valence electrons. The lowest BCUT2D eigenvalue weighted by atomic mass is 10.1. The number of fused-ring (bicyclic) bond motifs is 1. The second kappa shape index (κ2) is 10.1. The van der Waals surface area contributed by atoms with Crippen molar-refractivity contribution in [3.63, 3.8) is 0 Å². The van der Waals surface area contributed by atoms with Crippen LogP contribution in [0.15, 0.2) is 77.7 Å². The van der Waals surface area contributed by atoms with E-state index in [0.717, 1.165) is 4.31 Å². The van der Waals surface area contributed by atoms with E-state index in [2.05, 4.69) is 0 Å². The predicted octanol–water partition coefficient (Wildman–Crippen LogP) is 3.74. The summed E-state index contributed by atoms with van der Waals surface area (Å²) in [6.07, 6.45) is 0. The summed E-state index contributed by atoms with van der Waals surface area (Å²) in [4.78, 5) is 27.9.